The van der Waals surface area contributed by atoms with E-state index in [0.717, 1.165) is 51.1 Å². The smallest absolute Gasteiger partial charge is 0.191 e. The Hall–Kier alpha value is -0.0800. The molecule has 0 aromatic heterocycles. The van der Waals surface area contributed by atoms with Crippen LogP contribution in [-0.2, 0) is 4.74 Å². The minimum Gasteiger partial charge on any atom is -0.381 e. The minimum atomic E-state index is 0. The van der Waals surface area contributed by atoms with Gasteiger partial charge in [0.15, 0.2) is 5.96 Å². The van der Waals surface area contributed by atoms with Crippen LogP contribution in [0.15, 0.2) is 4.99 Å². The van der Waals surface area contributed by atoms with E-state index in [2.05, 4.69) is 34.5 Å². The summed E-state index contributed by atoms with van der Waals surface area (Å²) >= 11 is 0. The lowest BCUT2D eigenvalue weighted by atomic mass is 10.3. The number of guanidine groups is 1. The van der Waals surface area contributed by atoms with Crippen LogP contribution in [0.4, 0.5) is 0 Å². The summed E-state index contributed by atoms with van der Waals surface area (Å²) < 4.78 is 5.62. The van der Waals surface area contributed by atoms with Crippen LogP contribution in [0.25, 0.3) is 0 Å². The lowest BCUT2D eigenvalue weighted by Gasteiger charge is -2.18. The number of halogens is 1. The molecule has 2 N–H and O–H groups in total. The Labute approximate surface area is 153 Å². The topological polar surface area (TPSA) is 48.9 Å². The molecule has 0 unspecified atom stereocenters. The average molecular weight is 426 g/mol. The Bertz CT molecular complexity index is 285. The molecule has 1 aliphatic carbocycles. The highest BCUT2D eigenvalue weighted by atomic mass is 127. The molecule has 0 aromatic carbocycles. The summed E-state index contributed by atoms with van der Waals surface area (Å²) in [5.74, 6) is 1.75. The van der Waals surface area contributed by atoms with Gasteiger partial charge < -0.3 is 20.3 Å². The van der Waals surface area contributed by atoms with Crippen molar-refractivity contribution >= 4 is 29.9 Å². The molecular formula is C16H35IN4O. The molecule has 5 nitrogen and oxygen atoms in total. The molecule has 1 aliphatic rings. The van der Waals surface area contributed by atoms with Gasteiger partial charge in [-0.1, -0.05) is 13.3 Å². The highest BCUT2D eigenvalue weighted by Gasteiger charge is 2.20. The normalized spacial score (nSPS) is 14.8. The van der Waals surface area contributed by atoms with Crippen LogP contribution >= 0.6 is 24.0 Å². The van der Waals surface area contributed by atoms with E-state index in [1.807, 2.05) is 7.05 Å². The number of nitrogens with zero attached hydrogens (tertiary/aromatic N) is 2. The first-order valence-electron chi connectivity index (χ1n) is 8.47. The summed E-state index contributed by atoms with van der Waals surface area (Å²) in [6, 6.07) is 0. The van der Waals surface area contributed by atoms with E-state index < -0.39 is 0 Å². The molecule has 0 radical (unpaired) electrons. The van der Waals surface area contributed by atoms with E-state index in [-0.39, 0.29) is 24.0 Å². The largest absolute Gasteiger partial charge is 0.381 e. The van der Waals surface area contributed by atoms with Gasteiger partial charge in [-0.25, -0.2) is 0 Å². The Morgan fingerprint density at radius 1 is 1.18 bits per heavy atom. The number of hydrogen-bond donors (Lipinski definition) is 2. The van der Waals surface area contributed by atoms with Gasteiger partial charge in [-0.15, -0.1) is 24.0 Å². The second-order valence-electron chi connectivity index (χ2n) is 5.95. The van der Waals surface area contributed by atoms with Crippen molar-refractivity contribution in [3.63, 3.8) is 0 Å². The lowest BCUT2D eigenvalue weighted by Crippen LogP contribution is -2.41. The van der Waals surface area contributed by atoms with Gasteiger partial charge in [0.1, 0.15) is 0 Å². The fourth-order valence-corrected chi connectivity index (χ4v) is 2.04. The molecule has 0 saturated heterocycles. The monoisotopic (exact) mass is 426 g/mol. The first kappa shape index (κ1) is 21.9. The first-order chi connectivity index (χ1) is 10.3. The molecule has 0 spiro atoms. The van der Waals surface area contributed by atoms with Crippen LogP contribution in [0, 0.1) is 5.92 Å². The van der Waals surface area contributed by atoms with Gasteiger partial charge in [0.25, 0.3) is 0 Å². The maximum absolute atomic E-state index is 5.62. The average Bonchev–Trinajstić information content (AvgIpc) is 3.30. The quantitative estimate of drug-likeness (QED) is 0.218. The number of aliphatic imine (C=N–C) groups is 1. The van der Waals surface area contributed by atoms with Crippen molar-refractivity contribution in [3.8, 4) is 0 Å². The first-order valence-corrected chi connectivity index (χ1v) is 8.47. The van der Waals surface area contributed by atoms with Gasteiger partial charge >= 0.3 is 0 Å². The van der Waals surface area contributed by atoms with E-state index in [1.165, 1.54) is 32.2 Å². The number of nitrogens with one attached hydrogen (secondary N) is 2. The van der Waals surface area contributed by atoms with Gasteiger partial charge in [0.2, 0.25) is 0 Å². The molecule has 22 heavy (non-hydrogen) atoms. The van der Waals surface area contributed by atoms with E-state index in [0.29, 0.717) is 0 Å². The van der Waals surface area contributed by atoms with Crippen molar-refractivity contribution in [2.24, 2.45) is 10.9 Å². The van der Waals surface area contributed by atoms with Crippen LogP contribution < -0.4 is 10.6 Å². The predicted octanol–water partition coefficient (Wildman–Crippen LogP) is 2.32. The van der Waals surface area contributed by atoms with Gasteiger partial charge in [-0.05, 0) is 45.2 Å². The molecule has 0 heterocycles. The maximum Gasteiger partial charge on any atom is 0.191 e. The minimum absolute atomic E-state index is 0. The molecular weight excluding hydrogens is 391 g/mol. The Morgan fingerprint density at radius 3 is 2.55 bits per heavy atom. The molecule has 0 amide bonds. The van der Waals surface area contributed by atoms with E-state index >= 15 is 0 Å². The predicted molar refractivity (Wildman–Crippen MR) is 105 cm³/mol. The van der Waals surface area contributed by atoms with E-state index in [9.17, 15) is 0 Å². The summed E-state index contributed by atoms with van der Waals surface area (Å²) in [4.78, 5) is 6.59. The van der Waals surface area contributed by atoms with Gasteiger partial charge in [-0.3, -0.25) is 4.99 Å². The van der Waals surface area contributed by atoms with Crippen molar-refractivity contribution in [2.45, 2.75) is 39.0 Å². The van der Waals surface area contributed by atoms with E-state index in [1.54, 1.807) is 0 Å². The molecule has 1 fully saturated rings. The van der Waals surface area contributed by atoms with Crippen LogP contribution in [-0.4, -0.2) is 64.3 Å². The van der Waals surface area contributed by atoms with Crippen LogP contribution in [0.1, 0.15) is 39.0 Å². The molecule has 0 bridgehead atoms. The van der Waals surface area contributed by atoms with Gasteiger partial charge in [0, 0.05) is 39.9 Å². The van der Waals surface area contributed by atoms with Crippen molar-refractivity contribution in [3.05, 3.63) is 0 Å². The zero-order valence-electron chi connectivity index (χ0n) is 14.6. The van der Waals surface area contributed by atoms with Crippen LogP contribution in [0.2, 0.25) is 0 Å². The fourth-order valence-electron chi connectivity index (χ4n) is 2.04. The Morgan fingerprint density at radius 2 is 1.91 bits per heavy atom. The summed E-state index contributed by atoms with van der Waals surface area (Å²) in [5, 5.41) is 6.68. The summed E-state index contributed by atoms with van der Waals surface area (Å²) in [5.41, 5.74) is 0. The molecule has 0 aromatic rings. The molecule has 1 rings (SSSR count). The second-order valence-corrected chi connectivity index (χ2v) is 5.95. The number of unbranched alkanes of at least 4 members (excludes halogenated alkanes) is 1. The lowest BCUT2D eigenvalue weighted by molar-refractivity contribution is 0.123. The van der Waals surface area contributed by atoms with Crippen LogP contribution in [0.5, 0.6) is 0 Å². The number of likely N-dealkylation sites (N-methyl/N-ethyl adjacent to an activating group) is 1. The molecule has 1 saturated carbocycles. The van der Waals surface area contributed by atoms with Crippen molar-refractivity contribution in [2.75, 3.05) is 53.5 Å². The molecule has 6 heteroatoms. The maximum atomic E-state index is 5.62. The number of hydrogen-bond acceptors (Lipinski definition) is 3. The third-order valence-corrected chi connectivity index (χ3v) is 3.71. The zero-order valence-corrected chi connectivity index (χ0v) is 16.9. The molecule has 0 atom stereocenters. The number of rotatable bonds is 12. The molecule has 0 aliphatic heterocycles. The Kier molecular flexibility index (Phi) is 14.5. The van der Waals surface area contributed by atoms with Gasteiger partial charge in [0.05, 0.1) is 0 Å². The van der Waals surface area contributed by atoms with Crippen molar-refractivity contribution in [1.29, 1.82) is 0 Å². The van der Waals surface area contributed by atoms with Gasteiger partial charge in [-0.2, -0.15) is 0 Å². The summed E-state index contributed by atoms with van der Waals surface area (Å²) in [6.45, 7) is 8.09. The standard InChI is InChI=1S/C16H34N4O.HI/c1-4-5-11-20(3)12-10-19-16(17-2)18-9-6-13-21-14-15-7-8-15;/h15H,4-14H2,1-3H3,(H2,17,18,19);1H. The Balaban J connectivity index is 0.00000441. The van der Waals surface area contributed by atoms with Crippen molar-refractivity contribution < 1.29 is 4.74 Å². The second kappa shape index (κ2) is 14.5. The zero-order chi connectivity index (χ0) is 15.3. The van der Waals surface area contributed by atoms with Crippen LogP contribution in [0.3, 0.4) is 0 Å². The highest BCUT2D eigenvalue weighted by Crippen LogP contribution is 2.28. The van der Waals surface area contributed by atoms with E-state index in [4.69, 9.17) is 4.74 Å². The molecule has 132 valence electrons. The highest BCUT2D eigenvalue weighted by molar-refractivity contribution is 14.0. The summed E-state index contributed by atoms with van der Waals surface area (Å²) in [6.07, 6.45) is 6.28. The van der Waals surface area contributed by atoms with Crippen molar-refractivity contribution in [1.82, 2.24) is 15.5 Å². The SMILES string of the molecule is CCCCN(C)CCNC(=NC)NCCCOCC1CC1.I. The third kappa shape index (κ3) is 12.5. The number of ether oxygens (including phenoxy) is 1. The fraction of sp³-hybridized carbons (Fsp3) is 0.938. The summed E-state index contributed by atoms with van der Waals surface area (Å²) in [7, 11) is 3.99. The third-order valence-electron chi connectivity index (χ3n) is 3.71.